The van der Waals surface area contributed by atoms with Crippen molar-refractivity contribution in [2.75, 3.05) is 20.8 Å². The van der Waals surface area contributed by atoms with Crippen molar-refractivity contribution in [1.82, 2.24) is 5.32 Å². The molecule has 0 bridgehead atoms. The summed E-state index contributed by atoms with van der Waals surface area (Å²) >= 11 is 0. The number of benzene rings is 1. The molecule has 2 atom stereocenters. The maximum absolute atomic E-state index is 11.9. The lowest BCUT2D eigenvalue weighted by molar-refractivity contribution is 0.0586. The SMILES string of the molecule is COC(=O)c1c(OC)cccc1OC1CCC(C)NC1. The minimum absolute atomic E-state index is 0.0571. The predicted octanol–water partition coefficient (Wildman–Crippen LogP) is 2.00. The summed E-state index contributed by atoms with van der Waals surface area (Å²) in [6.07, 6.45) is 2.08. The number of methoxy groups -OCH3 is 2. The van der Waals surface area contributed by atoms with Crippen molar-refractivity contribution in [2.45, 2.75) is 31.9 Å². The first kappa shape index (κ1) is 14.7. The van der Waals surface area contributed by atoms with Crippen LogP contribution in [0.2, 0.25) is 0 Å². The Balaban J connectivity index is 2.20. The summed E-state index contributed by atoms with van der Waals surface area (Å²) in [5, 5.41) is 3.37. The Morgan fingerprint density at radius 3 is 2.60 bits per heavy atom. The highest BCUT2D eigenvalue weighted by atomic mass is 16.5. The molecule has 2 rings (SSSR count). The van der Waals surface area contributed by atoms with Gasteiger partial charge in [0.1, 0.15) is 23.2 Å². The van der Waals surface area contributed by atoms with Crippen LogP contribution in [0, 0.1) is 0 Å². The highest BCUT2D eigenvalue weighted by Crippen LogP contribution is 2.30. The van der Waals surface area contributed by atoms with Gasteiger partial charge in [0.05, 0.1) is 14.2 Å². The molecule has 5 nitrogen and oxygen atoms in total. The number of nitrogens with one attached hydrogen (secondary N) is 1. The van der Waals surface area contributed by atoms with Gasteiger partial charge in [-0.2, -0.15) is 0 Å². The molecule has 1 heterocycles. The zero-order chi connectivity index (χ0) is 14.5. The van der Waals surface area contributed by atoms with E-state index in [1.165, 1.54) is 14.2 Å². The lowest BCUT2D eigenvalue weighted by Crippen LogP contribution is -2.42. The number of carbonyl (C=O) groups excluding carboxylic acids is 1. The number of hydrogen-bond acceptors (Lipinski definition) is 5. The maximum atomic E-state index is 11.9. The molecule has 110 valence electrons. The molecule has 0 aromatic heterocycles. The number of carbonyl (C=O) groups is 1. The molecule has 1 N–H and O–H groups in total. The van der Waals surface area contributed by atoms with Crippen LogP contribution in [0.25, 0.3) is 0 Å². The summed E-state index contributed by atoms with van der Waals surface area (Å²) in [5.41, 5.74) is 0.344. The predicted molar refractivity (Wildman–Crippen MR) is 75.4 cm³/mol. The molecule has 0 saturated carbocycles. The molecule has 0 amide bonds. The minimum atomic E-state index is -0.449. The van der Waals surface area contributed by atoms with E-state index in [0.29, 0.717) is 23.1 Å². The molecule has 0 spiro atoms. The van der Waals surface area contributed by atoms with E-state index in [1.807, 2.05) is 0 Å². The monoisotopic (exact) mass is 279 g/mol. The van der Waals surface area contributed by atoms with Gasteiger partial charge in [-0.05, 0) is 31.9 Å². The third-order valence-electron chi connectivity index (χ3n) is 3.51. The van der Waals surface area contributed by atoms with Crippen LogP contribution >= 0.6 is 0 Å². The number of piperidine rings is 1. The standard InChI is InChI=1S/C15H21NO4/c1-10-7-8-11(9-16-10)20-13-6-4-5-12(18-2)14(13)15(17)19-3/h4-6,10-11,16H,7-9H2,1-3H3. The molecule has 1 aromatic carbocycles. The van der Waals surface area contributed by atoms with Crippen LogP contribution in [-0.4, -0.2) is 38.9 Å². The van der Waals surface area contributed by atoms with Gasteiger partial charge in [0.15, 0.2) is 0 Å². The molecule has 1 aromatic rings. The van der Waals surface area contributed by atoms with Gasteiger partial charge in [0.2, 0.25) is 0 Å². The summed E-state index contributed by atoms with van der Waals surface area (Å²) in [6.45, 7) is 2.93. The lowest BCUT2D eigenvalue weighted by Gasteiger charge is -2.28. The van der Waals surface area contributed by atoms with Crippen LogP contribution in [0.1, 0.15) is 30.1 Å². The molecular weight excluding hydrogens is 258 g/mol. The Hall–Kier alpha value is -1.75. The van der Waals surface area contributed by atoms with Crippen LogP contribution in [0.4, 0.5) is 0 Å². The number of hydrogen-bond donors (Lipinski definition) is 1. The van der Waals surface area contributed by atoms with Gasteiger partial charge in [-0.3, -0.25) is 0 Å². The van der Waals surface area contributed by atoms with Gasteiger partial charge in [-0.25, -0.2) is 4.79 Å². The van der Waals surface area contributed by atoms with E-state index >= 15 is 0 Å². The van der Waals surface area contributed by atoms with Crippen molar-refractivity contribution in [2.24, 2.45) is 0 Å². The Bertz CT molecular complexity index is 467. The topological polar surface area (TPSA) is 56.8 Å². The van der Waals surface area contributed by atoms with E-state index in [-0.39, 0.29) is 6.10 Å². The molecule has 5 heteroatoms. The van der Waals surface area contributed by atoms with Crippen LogP contribution in [-0.2, 0) is 4.74 Å². The van der Waals surface area contributed by atoms with E-state index < -0.39 is 5.97 Å². The highest BCUT2D eigenvalue weighted by Gasteiger charge is 2.24. The fraction of sp³-hybridized carbons (Fsp3) is 0.533. The molecule has 20 heavy (non-hydrogen) atoms. The lowest BCUT2D eigenvalue weighted by atomic mass is 10.0. The van der Waals surface area contributed by atoms with Crippen molar-refractivity contribution in [1.29, 1.82) is 0 Å². The fourth-order valence-electron chi connectivity index (χ4n) is 2.34. The van der Waals surface area contributed by atoms with Crippen molar-refractivity contribution in [3.63, 3.8) is 0 Å². The Kier molecular flexibility index (Phi) is 4.84. The summed E-state index contributed by atoms with van der Waals surface area (Å²) in [4.78, 5) is 11.9. The normalized spacial score (nSPS) is 22.1. The van der Waals surface area contributed by atoms with E-state index in [9.17, 15) is 4.79 Å². The third-order valence-corrected chi connectivity index (χ3v) is 3.51. The first-order valence-electron chi connectivity index (χ1n) is 6.81. The van der Waals surface area contributed by atoms with E-state index in [4.69, 9.17) is 14.2 Å². The van der Waals surface area contributed by atoms with Gasteiger partial charge in [-0.15, -0.1) is 0 Å². The van der Waals surface area contributed by atoms with E-state index in [2.05, 4.69) is 12.2 Å². The molecular formula is C15H21NO4. The van der Waals surface area contributed by atoms with E-state index in [1.54, 1.807) is 18.2 Å². The second-order valence-electron chi connectivity index (χ2n) is 4.95. The second-order valence-corrected chi connectivity index (χ2v) is 4.95. The molecule has 1 aliphatic rings. The summed E-state index contributed by atoms with van der Waals surface area (Å²) < 4.78 is 16.0. The summed E-state index contributed by atoms with van der Waals surface area (Å²) in [5.74, 6) is 0.527. The van der Waals surface area contributed by atoms with Crippen molar-refractivity contribution < 1.29 is 19.0 Å². The van der Waals surface area contributed by atoms with Crippen LogP contribution < -0.4 is 14.8 Å². The average molecular weight is 279 g/mol. The zero-order valence-corrected chi connectivity index (χ0v) is 12.1. The van der Waals surface area contributed by atoms with Crippen LogP contribution in [0.3, 0.4) is 0 Å². The Morgan fingerprint density at radius 2 is 2.00 bits per heavy atom. The molecule has 1 fully saturated rings. The highest BCUT2D eigenvalue weighted by molar-refractivity contribution is 5.95. The molecule has 1 aliphatic heterocycles. The first-order valence-corrected chi connectivity index (χ1v) is 6.81. The van der Waals surface area contributed by atoms with Crippen molar-refractivity contribution in [3.8, 4) is 11.5 Å². The number of ether oxygens (including phenoxy) is 3. The number of esters is 1. The largest absolute Gasteiger partial charge is 0.496 e. The fourth-order valence-corrected chi connectivity index (χ4v) is 2.34. The first-order chi connectivity index (χ1) is 9.65. The zero-order valence-electron chi connectivity index (χ0n) is 12.1. The van der Waals surface area contributed by atoms with Crippen LogP contribution in [0.5, 0.6) is 11.5 Å². The molecule has 2 unspecified atom stereocenters. The summed E-state index contributed by atoms with van der Waals surface area (Å²) in [7, 11) is 2.87. The van der Waals surface area contributed by atoms with E-state index in [0.717, 1.165) is 19.4 Å². The molecule has 0 aliphatic carbocycles. The second kappa shape index (κ2) is 6.61. The molecule has 0 radical (unpaired) electrons. The maximum Gasteiger partial charge on any atom is 0.345 e. The van der Waals surface area contributed by atoms with Gasteiger partial charge in [0, 0.05) is 12.6 Å². The third kappa shape index (κ3) is 3.22. The van der Waals surface area contributed by atoms with Crippen molar-refractivity contribution in [3.05, 3.63) is 23.8 Å². The summed E-state index contributed by atoms with van der Waals surface area (Å²) in [6, 6.07) is 5.81. The van der Waals surface area contributed by atoms with Gasteiger partial charge in [-0.1, -0.05) is 6.07 Å². The minimum Gasteiger partial charge on any atom is -0.496 e. The van der Waals surface area contributed by atoms with Gasteiger partial charge in [0.25, 0.3) is 0 Å². The van der Waals surface area contributed by atoms with Gasteiger partial charge < -0.3 is 19.5 Å². The van der Waals surface area contributed by atoms with Crippen molar-refractivity contribution >= 4 is 5.97 Å². The Morgan fingerprint density at radius 1 is 1.25 bits per heavy atom. The number of rotatable bonds is 4. The quantitative estimate of drug-likeness (QED) is 0.854. The molecule has 1 saturated heterocycles. The van der Waals surface area contributed by atoms with Crippen LogP contribution in [0.15, 0.2) is 18.2 Å². The van der Waals surface area contributed by atoms with Gasteiger partial charge >= 0.3 is 5.97 Å². The Labute approximate surface area is 119 Å². The average Bonchev–Trinajstić information content (AvgIpc) is 2.48. The smallest absolute Gasteiger partial charge is 0.345 e.